The Morgan fingerprint density at radius 1 is 1.19 bits per heavy atom. The molecule has 0 radical (unpaired) electrons. The molecule has 0 aliphatic heterocycles. The molecule has 138 valence electrons. The quantitative estimate of drug-likeness (QED) is 0.749. The van der Waals surface area contributed by atoms with Crippen LogP contribution in [0.4, 0.5) is 4.39 Å². The van der Waals surface area contributed by atoms with Crippen LogP contribution in [0.2, 0.25) is 5.02 Å². The summed E-state index contributed by atoms with van der Waals surface area (Å²) in [4.78, 5) is 23.8. The number of halogens is 2. The molecule has 2 aromatic rings. The molecule has 1 N–H and O–H groups in total. The normalized spacial score (nSPS) is 11.5. The van der Waals surface area contributed by atoms with E-state index in [1.165, 1.54) is 19.1 Å². The Morgan fingerprint density at radius 3 is 2.54 bits per heavy atom. The maximum Gasteiger partial charge on any atom is 0.344 e. The van der Waals surface area contributed by atoms with Gasteiger partial charge in [0.15, 0.2) is 12.7 Å². The minimum absolute atomic E-state index is 0.210. The number of hydrogen-bond donors (Lipinski definition) is 1. The average molecular weight is 380 g/mol. The van der Waals surface area contributed by atoms with Gasteiger partial charge in [-0.05, 0) is 55.3 Å². The molecule has 0 heterocycles. The molecule has 0 aromatic heterocycles. The Balaban J connectivity index is 1.76. The van der Waals surface area contributed by atoms with Crippen LogP contribution in [0.25, 0.3) is 0 Å². The average Bonchev–Trinajstić information content (AvgIpc) is 2.60. The lowest BCUT2D eigenvalue weighted by Gasteiger charge is -2.14. The predicted octanol–water partition coefficient (Wildman–Crippen LogP) is 3.41. The number of rotatable bonds is 7. The van der Waals surface area contributed by atoms with Crippen LogP contribution in [0.3, 0.4) is 0 Å². The van der Waals surface area contributed by atoms with Gasteiger partial charge in [-0.1, -0.05) is 23.7 Å². The summed E-state index contributed by atoms with van der Waals surface area (Å²) >= 11 is 5.85. The lowest BCUT2D eigenvalue weighted by atomic mass is 10.2. The van der Waals surface area contributed by atoms with Crippen molar-refractivity contribution in [1.82, 2.24) is 5.32 Å². The second-order valence-electron chi connectivity index (χ2n) is 5.67. The molecule has 0 saturated heterocycles. The van der Waals surface area contributed by atoms with Gasteiger partial charge in [-0.2, -0.15) is 0 Å². The number of carbonyl (C=O) groups excluding carboxylic acids is 2. The highest BCUT2D eigenvalue weighted by molar-refractivity contribution is 6.30. The molecule has 5 nitrogen and oxygen atoms in total. The Kier molecular flexibility index (Phi) is 6.97. The molecular weight excluding hydrogens is 361 g/mol. The Bertz CT molecular complexity index is 780. The summed E-state index contributed by atoms with van der Waals surface area (Å²) in [5.74, 6) is -0.952. The highest BCUT2D eigenvalue weighted by atomic mass is 35.5. The van der Waals surface area contributed by atoms with Crippen LogP contribution in [-0.2, 0) is 20.9 Å². The Morgan fingerprint density at radius 2 is 1.88 bits per heavy atom. The standard InChI is InChI=1S/C19H19ClFNO4/c1-12-9-15(20)5-8-17(12)25-11-18(23)26-13(2)19(24)22-10-14-3-6-16(21)7-4-14/h3-9,13H,10-11H2,1-2H3,(H,22,24). The van der Waals surface area contributed by atoms with E-state index >= 15 is 0 Å². The van der Waals surface area contributed by atoms with Crippen molar-refractivity contribution >= 4 is 23.5 Å². The molecule has 1 unspecified atom stereocenters. The van der Waals surface area contributed by atoms with Crippen molar-refractivity contribution in [2.24, 2.45) is 0 Å². The van der Waals surface area contributed by atoms with Gasteiger partial charge in [0.1, 0.15) is 11.6 Å². The van der Waals surface area contributed by atoms with Crippen molar-refractivity contribution in [3.63, 3.8) is 0 Å². The van der Waals surface area contributed by atoms with Gasteiger partial charge in [-0.15, -0.1) is 0 Å². The van der Waals surface area contributed by atoms with Crippen LogP contribution < -0.4 is 10.1 Å². The molecule has 2 rings (SSSR count). The van der Waals surface area contributed by atoms with Crippen LogP contribution in [0.5, 0.6) is 5.75 Å². The number of hydrogen-bond acceptors (Lipinski definition) is 4. The molecular formula is C19H19ClFNO4. The van der Waals surface area contributed by atoms with E-state index in [-0.39, 0.29) is 19.0 Å². The third kappa shape index (κ3) is 6.04. The molecule has 0 spiro atoms. The van der Waals surface area contributed by atoms with Gasteiger partial charge in [-0.3, -0.25) is 4.79 Å². The van der Waals surface area contributed by atoms with Gasteiger partial charge >= 0.3 is 5.97 Å². The van der Waals surface area contributed by atoms with Gasteiger partial charge < -0.3 is 14.8 Å². The smallest absolute Gasteiger partial charge is 0.344 e. The highest BCUT2D eigenvalue weighted by Crippen LogP contribution is 2.21. The van der Waals surface area contributed by atoms with Crippen LogP contribution in [0.1, 0.15) is 18.1 Å². The number of carbonyl (C=O) groups is 2. The first-order valence-electron chi connectivity index (χ1n) is 7.95. The van der Waals surface area contributed by atoms with E-state index in [0.717, 1.165) is 11.1 Å². The Hall–Kier alpha value is -2.60. The first kappa shape index (κ1) is 19.7. The van der Waals surface area contributed by atoms with Crippen molar-refractivity contribution < 1.29 is 23.5 Å². The number of benzene rings is 2. The zero-order chi connectivity index (χ0) is 19.1. The topological polar surface area (TPSA) is 64.6 Å². The third-order valence-corrected chi connectivity index (χ3v) is 3.78. The van der Waals surface area contributed by atoms with Crippen LogP contribution in [0.15, 0.2) is 42.5 Å². The van der Waals surface area contributed by atoms with Crippen LogP contribution in [0, 0.1) is 12.7 Å². The summed E-state index contributed by atoms with van der Waals surface area (Å²) in [5.41, 5.74) is 1.52. The second kappa shape index (κ2) is 9.20. The molecule has 0 saturated carbocycles. The van der Waals surface area contributed by atoms with E-state index in [9.17, 15) is 14.0 Å². The fourth-order valence-electron chi connectivity index (χ4n) is 2.13. The fraction of sp³-hybridized carbons (Fsp3) is 0.263. The molecule has 26 heavy (non-hydrogen) atoms. The van der Waals surface area contributed by atoms with Crippen molar-refractivity contribution in [2.45, 2.75) is 26.5 Å². The minimum Gasteiger partial charge on any atom is -0.482 e. The van der Waals surface area contributed by atoms with Gasteiger partial charge in [0.25, 0.3) is 5.91 Å². The zero-order valence-electron chi connectivity index (χ0n) is 14.4. The van der Waals surface area contributed by atoms with Crippen molar-refractivity contribution in [3.05, 3.63) is 64.4 Å². The first-order chi connectivity index (χ1) is 12.3. The first-order valence-corrected chi connectivity index (χ1v) is 8.33. The number of ether oxygens (including phenoxy) is 2. The summed E-state index contributed by atoms with van der Waals surface area (Å²) in [5, 5.41) is 3.19. The molecule has 0 fully saturated rings. The van der Waals surface area contributed by atoms with E-state index in [1.54, 1.807) is 37.3 Å². The van der Waals surface area contributed by atoms with E-state index < -0.39 is 18.0 Å². The van der Waals surface area contributed by atoms with E-state index in [1.807, 2.05) is 0 Å². The minimum atomic E-state index is -0.974. The summed E-state index contributed by atoms with van der Waals surface area (Å²) in [6.07, 6.45) is -0.974. The molecule has 2 aromatic carbocycles. The Labute approximate surface area is 156 Å². The molecule has 0 bridgehead atoms. The molecule has 7 heteroatoms. The van der Waals surface area contributed by atoms with Crippen molar-refractivity contribution in [2.75, 3.05) is 6.61 Å². The van der Waals surface area contributed by atoms with Gasteiger partial charge in [0.2, 0.25) is 0 Å². The lowest BCUT2D eigenvalue weighted by molar-refractivity contribution is -0.156. The molecule has 1 atom stereocenters. The number of aryl methyl sites for hydroxylation is 1. The van der Waals surface area contributed by atoms with Crippen LogP contribution in [-0.4, -0.2) is 24.6 Å². The lowest BCUT2D eigenvalue weighted by Crippen LogP contribution is -2.36. The predicted molar refractivity (Wildman–Crippen MR) is 95.5 cm³/mol. The van der Waals surface area contributed by atoms with Gasteiger partial charge in [0, 0.05) is 11.6 Å². The molecule has 1 amide bonds. The third-order valence-electron chi connectivity index (χ3n) is 3.54. The number of esters is 1. The van der Waals surface area contributed by atoms with Crippen LogP contribution >= 0.6 is 11.6 Å². The largest absolute Gasteiger partial charge is 0.482 e. The van der Waals surface area contributed by atoms with E-state index in [4.69, 9.17) is 21.1 Å². The fourth-order valence-corrected chi connectivity index (χ4v) is 2.36. The summed E-state index contributed by atoms with van der Waals surface area (Å²) in [6, 6.07) is 10.8. The SMILES string of the molecule is Cc1cc(Cl)ccc1OCC(=O)OC(C)C(=O)NCc1ccc(F)cc1. The van der Waals surface area contributed by atoms with Crippen molar-refractivity contribution in [3.8, 4) is 5.75 Å². The molecule has 0 aliphatic rings. The second-order valence-corrected chi connectivity index (χ2v) is 6.11. The summed E-state index contributed by atoms with van der Waals surface area (Å²) in [6.45, 7) is 3.16. The van der Waals surface area contributed by atoms with Crippen molar-refractivity contribution in [1.29, 1.82) is 0 Å². The number of nitrogens with one attached hydrogen (secondary N) is 1. The summed E-state index contributed by atoms with van der Waals surface area (Å²) < 4.78 is 23.3. The van der Waals surface area contributed by atoms with Gasteiger partial charge in [0.05, 0.1) is 0 Å². The van der Waals surface area contributed by atoms with E-state index in [2.05, 4.69) is 5.32 Å². The summed E-state index contributed by atoms with van der Waals surface area (Å²) in [7, 11) is 0. The number of amides is 1. The zero-order valence-corrected chi connectivity index (χ0v) is 15.2. The highest BCUT2D eigenvalue weighted by Gasteiger charge is 2.18. The maximum atomic E-state index is 12.8. The monoisotopic (exact) mass is 379 g/mol. The maximum absolute atomic E-state index is 12.8. The molecule has 0 aliphatic carbocycles. The van der Waals surface area contributed by atoms with Gasteiger partial charge in [-0.25, -0.2) is 9.18 Å². The van der Waals surface area contributed by atoms with E-state index in [0.29, 0.717) is 10.8 Å².